The molecule has 0 spiro atoms. The van der Waals surface area contributed by atoms with Gasteiger partial charge in [-0.05, 0) is 38.7 Å². The summed E-state index contributed by atoms with van der Waals surface area (Å²) < 4.78 is 4.29. The summed E-state index contributed by atoms with van der Waals surface area (Å²) in [5.41, 5.74) is 2.31. The van der Waals surface area contributed by atoms with Gasteiger partial charge in [-0.15, -0.1) is 10.2 Å². The van der Waals surface area contributed by atoms with Crippen LogP contribution in [-0.4, -0.2) is 47.4 Å². The lowest BCUT2D eigenvalue weighted by molar-refractivity contribution is 0.459. The number of rotatable bonds is 6. The van der Waals surface area contributed by atoms with Crippen molar-refractivity contribution in [3.05, 3.63) is 47.8 Å². The molecule has 1 fully saturated rings. The van der Waals surface area contributed by atoms with Crippen LogP contribution in [0, 0.1) is 6.92 Å². The standard InChI is InChI=1S/C20H28N8/c1-4-17-15(3)12-22-20(23-17)27-9-6-16(7-10-27)19-25-24-18(28(19)5-2)13-26-11-8-21-14-26/h8,11-12,14,16H,4-7,9-10,13H2,1-3H3. The number of aromatic nitrogens is 7. The van der Waals surface area contributed by atoms with Crippen molar-refractivity contribution in [2.75, 3.05) is 18.0 Å². The Morgan fingerprint density at radius 2 is 1.96 bits per heavy atom. The monoisotopic (exact) mass is 380 g/mol. The molecule has 4 heterocycles. The maximum absolute atomic E-state index is 4.76. The van der Waals surface area contributed by atoms with Crippen molar-refractivity contribution >= 4 is 5.95 Å². The molecule has 4 rings (SSSR count). The Bertz CT molecular complexity index is 906. The minimum absolute atomic E-state index is 0.427. The first-order chi connectivity index (χ1) is 13.7. The molecule has 0 unspecified atom stereocenters. The molecule has 0 aromatic carbocycles. The molecule has 1 aliphatic heterocycles. The Kier molecular flexibility index (Phi) is 5.36. The number of piperidine rings is 1. The van der Waals surface area contributed by atoms with Gasteiger partial charge in [0.2, 0.25) is 5.95 Å². The highest BCUT2D eigenvalue weighted by Gasteiger charge is 2.27. The van der Waals surface area contributed by atoms with E-state index in [1.54, 1.807) is 6.20 Å². The largest absolute Gasteiger partial charge is 0.341 e. The minimum Gasteiger partial charge on any atom is -0.341 e. The second kappa shape index (κ2) is 8.08. The molecule has 0 radical (unpaired) electrons. The van der Waals surface area contributed by atoms with Gasteiger partial charge in [0.25, 0.3) is 0 Å². The normalized spacial score (nSPS) is 15.3. The fourth-order valence-corrected chi connectivity index (χ4v) is 3.97. The summed E-state index contributed by atoms with van der Waals surface area (Å²) in [5.74, 6) is 3.39. The van der Waals surface area contributed by atoms with Crippen molar-refractivity contribution in [1.82, 2.24) is 34.3 Å². The molecule has 8 nitrogen and oxygen atoms in total. The highest BCUT2D eigenvalue weighted by molar-refractivity contribution is 5.34. The van der Waals surface area contributed by atoms with Gasteiger partial charge < -0.3 is 14.0 Å². The molecule has 0 aliphatic carbocycles. The van der Waals surface area contributed by atoms with Gasteiger partial charge in [0.05, 0.1) is 12.9 Å². The molecule has 0 saturated carbocycles. The molecule has 0 bridgehead atoms. The lowest BCUT2D eigenvalue weighted by atomic mass is 9.96. The molecule has 1 aliphatic rings. The molecule has 0 atom stereocenters. The zero-order valence-corrected chi connectivity index (χ0v) is 16.9. The molecule has 0 amide bonds. The third kappa shape index (κ3) is 3.63. The number of nitrogens with zero attached hydrogens (tertiary/aromatic N) is 8. The smallest absolute Gasteiger partial charge is 0.225 e. The summed E-state index contributed by atoms with van der Waals surface area (Å²) in [5, 5.41) is 9.03. The van der Waals surface area contributed by atoms with Crippen molar-refractivity contribution in [2.45, 2.75) is 59.0 Å². The van der Waals surface area contributed by atoms with Crippen molar-refractivity contribution in [2.24, 2.45) is 0 Å². The van der Waals surface area contributed by atoms with Crippen LogP contribution in [0.4, 0.5) is 5.95 Å². The van der Waals surface area contributed by atoms with Crippen LogP contribution < -0.4 is 4.90 Å². The van der Waals surface area contributed by atoms with Crippen molar-refractivity contribution in [1.29, 1.82) is 0 Å². The van der Waals surface area contributed by atoms with Gasteiger partial charge in [0, 0.05) is 49.8 Å². The summed E-state index contributed by atoms with van der Waals surface area (Å²) in [6.07, 6.45) is 10.5. The van der Waals surface area contributed by atoms with Gasteiger partial charge in [0.1, 0.15) is 5.82 Å². The van der Waals surface area contributed by atoms with Gasteiger partial charge in [-0.3, -0.25) is 0 Å². The van der Waals surface area contributed by atoms with Gasteiger partial charge in [0.15, 0.2) is 5.82 Å². The molecule has 1 saturated heterocycles. The van der Waals surface area contributed by atoms with E-state index in [0.29, 0.717) is 12.5 Å². The van der Waals surface area contributed by atoms with Crippen molar-refractivity contribution in [3.63, 3.8) is 0 Å². The second-order valence-electron chi connectivity index (χ2n) is 7.37. The molecule has 3 aromatic rings. The van der Waals surface area contributed by atoms with E-state index in [1.165, 1.54) is 5.56 Å². The molecule has 3 aromatic heterocycles. The summed E-state index contributed by atoms with van der Waals surface area (Å²) in [6.45, 7) is 9.86. The fraction of sp³-hybridized carbons (Fsp3) is 0.550. The number of imidazole rings is 1. The summed E-state index contributed by atoms with van der Waals surface area (Å²) in [4.78, 5) is 15.7. The molecule has 8 heteroatoms. The van der Waals surface area contributed by atoms with Crippen LogP contribution in [0.25, 0.3) is 0 Å². The van der Waals surface area contributed by atoms with Gasteiger partial charge in [-0.2, -0.15) is 0 Å². The van der Waals surface area contributed by atoms with Crippen LogP contribution in [0.2, 0.25) is 0 Å². The maximum Gasteiger partial charge on any atom is 0.225 e. The number of aryl methyl sites for hydroxylation is 2. The predicted molar refractivity (Wildman–Crippen MR) is 107 cm³/mol. The van der Waals surface area contributed by atoms with Crippen molar-refractivity contribution in [3.8, 4) is 0 Å². The lowest BCUT2D eigenvalue weighted by Crippen LogP contribution is -2.35. The van der Waals surface area contributed by atoms with E-state index in [4.69, 9.17) is 4.98 Å². The van der Waals surface area contributed by atoms with E-state index in [2.05, 4.69) is 50.4 Å². The average molecular weight is 381 g/mol. The predicted octanol–water partition coefficient (Wildman–Crippen LogP) is 2.59. The first kappa shape index (κ1) is 18.6. The van der Waals surface area contributed by atoms with Crippen LogP contribution in [0.5, 0.6) is 0 Å². The summed E-state index contributed by atoms with van der Waals surface area (Å²) >= 11 is 0. The minimum atomic E-state index is 0.427. The molecule has 28 heavy (non-hydrogen) atoms. The average Bonchev–Trinajstić information content (AvgIpc) is 3.38. The molecule has 0 N–H and O–H groups in total. The van der Waals surface area contributed by atoms with Crippen LogP contribution >= 0.6 is 0 Å². The second-order valence-corrected chi connectivity index (χ2v) is 7.37. The number of anilines is 1. The zero-order chi connectivity index (χ0) is 19.5. The summed E-state index contributed by atoms with van der Waals surface area (Å²) in [6, 6.07) is 0. The fourth-order valence-electron chi connectivity index (χ4n) is 3.97. The Morgan fingerprint density at radius 3 is 2.64 bits per heavy atom. The Hall–Kier alpha value is -2.77. The lowest BCUT2D eigenvalue weighted by Gasteiger charge is -2.32. The van der Waals surface area contributed by atoms with Gasteiger partial charge in [-0.1, -0.05) is 6.92 Å². The topological polar surface area (TPSA) is 77.5 Å². The SMILES string of the molecule is CCc1nc(N2CCC(c3nnc(Cn4ccnc4)n3CC)CC2)ncc1C. The van der Waals surface area contributed by atoms with Crippen LogP contribution in [0.1, 0.15) is 55.5 Å². The highest BCUT2D eigenvalue weighted by atomic mass is 15.3. The van der Waals surface area contributed by atoms with E-state index in [-0.39, 0.29) is 0 Å². The number of hydrogen-bond donors (Lipinski definition) is 0. The van der Waals surface area contributed by atoms with E-state index in [0.717, 1.165) is 62.2 Å². The third-order valence-corrected chi connectivity index (χ3v) is 5.60. The van der Waals surface area contributed by atoms with Gasteiger partial charge >= 0.3 is 0 Å². The Morgan fingerprint density at radius 1 is 1.14 bits per heavy atom. The van der Waals surface area contributed by atoms with Crippen LogP contribution in [0.3, 0.4) is 0 Å². The van der Waals surface area contributed by atoms with Gasteiger partial charge in [-0.25, -0.2) is 15.0 Å². The zero-order valence-electron chi connectivity index (χ0n) is 16.9. The van der Waals surface area contributed by atoms with Crippen LogP contribution in [0.15, 0.2) is 24.9 Å². The van der Waals surface area contributed by atoms with E-state index >= 15 is 0 Å². The first-order valence-electron chi connectivity index (χ1n) is 10.1. The maximum atomic E-state index is 4.76. The summed E-state index contributed by atoms with van der Waals surface area (Å²) in [7, 11) is 0. The number of hydrogen-bond acceptors (Lipinski definition) is 6. The molecular formula is C20H28N8. The third-order valence-electron chi connectivity index (χ3n) is 5.60. The quantitative estimate of drug-likeness (QED) is 0.654. The van der Waals surface area contributed by atoms with E-state index in [1.807, 2.05) is 23.3 Å². The molecule has 148 valence electrons. The highest BCUT2D eigenvalue weighted by Crippen LogP contribution is 2.29. The van der Waals surface area contributed by atoms with Crippen molar-refractivity contribution < 1.29 is 0 Å². The van der Waals surface area contributed by atoms with Crippen LogP contribution in [-0.2, 0) is 19.5 Å². The molecular weight excluding hydrogens is 352 g/mol. The Labute approximate surface area is 165 Å². The first-order valence-corrected chi connectivity index (χ1v) is 10.1. The Balaban J connectivity index is 1.46. The van der Waals surface area contributed by atoms with E-state index < -0.39 is 0 Å². The van der Waals surface area contributed by atoms with E-state index in [9.17, 15) is 0 Å².